The molecule has 0 heterocycles. The number of fused-ring (bicyclic) bond motifs is 3. The van der Waals surface area contributed by atoms with Crippen molar-refractivity contribution >= 4 is 17.1 Å². The fourth-order valence-corrected chi connectivity index (χ4v) is 3.76. The van der Waals surface area contributed by atoms with Crippen LogP contribution in [0.1, 0.15) is 11.1 Å². The molecule has 0 amide bonds. The molecule has 0 atom stereocenters. The molecule has 31 heavy (non-hydrogen) atoms. The smallest absolute Gasteiger partial charge is 0.198 e. The van der Waals surface area contributed by atoms with Crippen LogP contribution >= 0.6 is 0 Å². The number of benzene rings is 4. The van der Waals surface area contributed by atoms with E-state index in [-0.39, 0.29) is 16.8 Å². The molecule has 4 aromatic carbocycles. The van der Waals surface area contributed by atoms with Gasteiger partial charge in [0, 0.05) is 11.1 Å². The number of halogens is 4. The molecule has 0 aliphatic heterocycles. The summed E-state index contributed by atoms with van der Waals surface area (Å²) in [6.45, 7) is 0. The average molecular weight is 418 g/mol. The zero-order valence-electron chi connectivity index (χ0n) is 16.0. The standard InChI is InChI=1S/C25H14F4N2/c26-21-19-17-13-7-8-14-18(17)25(20(19)22(27)24(29)23(21)28)30-31(15-9-3-1-4-10-15)16-11-5-2-6-12-16/h1-14H. The molecule has 1 aliphatic carbocycles. The van der Waals surface area contributed by atoms with Crippen LogP contribution in [0, 0.1) is 23.3 Å². The van der Waals surface area contributed by atoms with E-state index in [1.165, 1.54) is 6.07 Å². The highest BCUT2D eigenvalue weighted by Gasteiger charge is 2.36. The van der Waals surface area contributed by atoms with Crippen molar-refractivity contribution in [2.75, 3.05) is 5.01 Å². The van der Waals surface area contributed by atoms with Crippen molar-refractivity contribution in [3.05, 3.63) is 119 Å². The van der Waals surface area contributed by atoms with E-state index in [0.717, 1.165) is 0 Å². The first-order valence-corrected chi connectivity index (χ1v) is 9.53. The van der Waals surface area contributed by atoms with E-state index in [1.54, 1.807) is 47.5 Å². The highest BCUT2D eigenvalue weighted by molar-refractivity contribution is 6.25. The second-order valence-electron chi connectivity index (χ2n) is 6.98. The lowest BCUT2D eigenvalue weighted by atomic mass is 10.0. The zero-order valence-corrected chi connectivity index (χ0v) is 16.0. The van der Waals surface area contributed by atoms with Crippen molar-refractivity contribution in [1.82, 2.24) is 0 Å². The van der Waals surface area contributed by atoms with Crippen LogP contribution in [-0.4, -0.2) is 5.71 Å². The predicted molar refractivity (Wildman–Crippen MR) is 112 cm³/mol. The van der Waals surface area contributed by atoms with Gasteiger partial charge >= 0.3 is 0 Å². The number of rotatable bonds is 3. The molecule has 0 aromatic heterocycles. The molecule has 0 fully saturated rings. The van der Waals surface area contributed by atoms with Crippen LogP contribution in [0.2, 0.25) is 0 Å². The molecule has 0 unspecified atom stereocenters. The Morgan fingerprint density at radius 2 is 0.935 bits per heavy atom. The van der Waals surface area contributed by atoms with E-state index >= 15 is 0 Å². The lowest BCUT2D eigenvalue weighted by molar-refractivity contribution is 0.410. The second kappa shape index (κ2) is 7.40. The SMILES string of the molecule is Fc1c(F)c(F)c2c(c1F)C(=NN(c1ccccc1)c1ccccc1)c1ccccc1-2. The topological polar surface area (TPSA) is 15.6 Å². The Bertz CT molecular complexity index is 1280. The minimum Gasteiger partial charge on any atom is -0.233 e. The molecule has 2 nitrogen and oxygen atoms in total. The molecule has 4 aromatic rings. The van der Waals surface area contributed by atoms with Gasteiger partial charge in [0.15, 0.2) is 23.3 Å². The van der Waals surface area contributed by atoms with Gasteiger partial charge in [0.05, 0.1) is 16.9 Å². The lowest BCUT2D eigenvalue weighted by Crippen LogP contribution is -2.15. The van der Waals surface area contributed by atoms with Gasteiger partial charge in [0.1, 0.15) is 5.71 Å². The van der Waals surface area contributed by atoms with Gasteiger partial charge in [-0.2, -0.15) is 5.10 Å². The van der Waals surface area contributed by atoms with E-state index in [9.17, 15) is 17.6 Å². The van der Waals surface area contributed by atoms with E-state index < -0.39 is 28.8 Å². The summed E-state index contributed by atoms with van der Waals surface area (Å²) in [7, 11) is 0. The van der Waals surface area contributed by atoms with Gasteiger partial charge in [-0.05, 0) is 29.8 Å². The predicted octanol–water partition coefficient (Wildman–Crippen LogP) is 6.81. The summed E-state index contributed by atoms with van der Waals surface area (Å²) in [5.74, 6) is -6.60. The van der Waals surface area contributed by atoms with Crippen LogP contribution in [0.3, 0.4) is 0 Å². The third-order valence-electron chi connectivity index (χ3n) is 5.16. The largest absolute Gasteiger partial charge is 0.233 e. The summed E-state index contributed by atoms with van der Waals surface area (Å²) in [5.41, 5.74) is 1.27. The average Bonchev–Trinajstić information content (AvgIpc) is 3.15. The molecule has 152 valence electrons. The molecule has 0 saturated heterocycles. The molecular formula is C25H14F4N2. The third kappa shape index (κ3) is 2.99. The molecule has 0 N–H and O–H groups in total. The summed E-state index contributed by atoms with van der Waals surface area (Å²) >= 11 is 0. The maximum Gasteiger partial charge on any atom is 0.198 e. The van der Waals surface area contributed by atoms with E-state index in [2.05, 4.69) is 5.10 Å². The first kappa shape index (κ1) is 19.1. The van der Waals surface area contributed by atoms with E-state index in [1.807, 2.05) is 36.4 Å². The number of hydrazone groups is 1. The number of hydrogen-bond acceptors (Lipinski definition) is 2. The quantitative estimate of drug-likeness (QED) is 0.136. The highest BCUT2D eigenvalue weighted by Crippen LogP contribution is 2.42. The van der Waals surface area contributed by atoms with Crippen molar-refractivity contribution in [3.8, 4) is 11.1 Å². The van der Waals surface area contributed by atoms with Crippen molar-refractivity contribution in [2.24, 2.45) is 5.10 Å². The fourth-order valence-electron chi connectivity index (χ4n) is 3.76. The number of hydrogen-bond donors (Lipinski definition) is 0. The Morgan fingerprint density at radius 3 is 1.48 bits per heavy atom. The van der Waals surface area contributed by atoms with Crippen LogP contribution in [0.15, 0.2) is 90.0 Å². The molecule has 1 aliphatic rings. The molecule has 0 radical (unpaired) electrons. The normalized spacial score (nSPS) is 13.2. The molecule has 0 spiro atoms. The van der Waals surface area contributed by atoms with Crippen molar-refractivity contribution in [2.45, 2.75) is 0 Å². The Kier molecular flexibility index (Phi) is 4.55. The Hall–Kier alpha value is -3.93. The minimum absolute atomic E-state index is 0.0219. The molecule has 0 saturated carbocycles. The summed E-state index contributed by atoms with van der Waals surface area (Å²) < 4.78 is 57.8. The van der Waals surface area contributed by atoms with Gasteiger partial charge in [-0.3, -0.25) is 0 Å². The Balaban J connectivity index is 1.82. The molecule has 5 rings (SSSR count). The van der Waals surface area contributed by atoms with Crippen LogP contribution in [0.25, 0.3) is 11.1 Å². The molecular weight excluding hydrogens is 404 g/mol. The van der Waals surface area contributed by atoms with Crippen molar-refractivity contribution in [1.29, 1.82) is 0 Å². The van der Waals surface area contributed by atoms with E-state index in [4.69, 9.17) is 0 Å². The van der Waals surface area contributed by atoms with Gasteiger partial charge in [0.25, 0.3) is 0 Å². The van der Waals surface area contributed by atoms with Crippen LogP contribution < -0.4 is 5.01 Å². The second-order valence-corrected chi connectivity index (χ2v) is 6.98. The maximum atomic E-state index is 14.9. The first-order chi connectivity index (χ1) is 15.1. The lowest BCUT2D eigenvalue weighted by Gasteiger charge is -2.21. The van der Waals surface area contributed by atoms with Crippen molar-refractivity contribution in [3.63, 3.8) is 0 Å². The van der Waals surface area contributed by atoms with Crippen LogP contribution in [0.4, 0.5) is 28.9 Å². The number of nitrogens with zero attached hydrogens (tertiary/aromatic N) is 2. The maximum absolute atomic E-state index is 14.9. The number of anilines is 2. The van der Waals surface area contributed by atoms with Gasteiger partial charge in [-0.1, -0.05) is 60.7 Å². The number of para-hydroxylation sites is 2. The van der Waals surface area contributed by atoms with Crippen LogP contribution in [0.5, 0.6) is 0 Å². The highest BCUT2D eigenvalue weighted by atomic mass is 19.2. The van der Waals surface area contributed by atoms with Crippen molar-refractivity contribution < 1.29 is 17.6 Å². The zero-order chi connectivity index (χ0) is 21.5. The monoisotopic (exact) mass is 418 g/mol. The van der Waals surface area contributed by atoms with Crippen LogP contribution in [-0.2, 0) is 0 Å². The summed E-state index contributed by atoms with van der Waals surface area (Å²) in [6, 6.07) is 24.6. The Morgan fingerprint density at radius 1 is 0.484 bits per heavy atom. The summed E-state index contributed by atoms with van der Waals surface area (Å²) in [5, 5.41) is 6.18. The van der Waals surface area contributed by atoms with Gasteiger partial charge in [0.2, 0.25) is 0 Å². The van der Waals surface area contributed by atoms with Gasteiger partial charge in [-0.15, -0.1) is 0 Å². The minimum atomic E-state index is -1.86. The Labute approximate surface area is 175 Å². The third-order valence-corrected chi connectivity index (χ3v) is 5.16. The summed E-state index contributed by atoms with van der Waals surface area (Å²) in [6.07, 6.45) is 0. The fraction of sp³-hybridized carbons (Fsp3) is 0. The molecule has 0 bridgehead atoms. The summed E-state index contributed by atoms with van der Waals surface area (Å²) in [4.78, 5) is 0. The van der Waals surface area contributed by atoms with E-state index in [0.29, 0.717) is 16.9 Å². The van der Waals surface area contributed by atoms with Gasteiger partial charge in [-0.25, -0.2) is 22.6 Å². The van der Waals surface area contributed by atoms with Gasteiger partial charge < -0.3 is 0 Å². The molecule has 6 heteroatoms. The first-order valence-electron chi connectivity index (χ1n) is 9.53.